The van der Waals surface area contributed by atoms with Crippen LogP contribution in [0.15, 0.2) is 0 Å². The zero-order valence-electron chi connectivity index (χ0n) is 6.96. The molecule has 0 aliphatic carbocycles. The van der Waals surface area contributed by atoms with Gasteiger partial charge in [-0.2, -0.15) is 0 Å². The summed E-state index contributed by atoms with van der Waals surface area (Å²) in [6.07, 6.45) is 1.67. The van der Waals surface area contributed by atoms with Gasteiger partial charge in [0.15, 0.2) is 0 Å². The minimum Gasteiger partial charge on any atom is -0.353 e. The second-order valence-corrected chi connectivity index (χ2v) is 3.79. The van der Waals surface area contributed by atoms with Crippen molar-refractivity contribution in [1.29, 1.82) is 0 Å². The lowest BCUT2D eigenvalue weighted by Gasteiger charge is -2.23. The Morgan fingerprint density at radius 1 is 1.64 bits per heavy atom. The predicted octanol–water partition coefficient (Wildman–Crippen LogP) is 0.744. The van der Waals surface area contributed by atoms with Crippen LogP contribution in [0.4, 0.5) is 0 Å². The average Bonchev–Trinajstić information content (AvgIpc) is 2.39. The minimum atomic E-state index is -0.119. The van der Waals surface area contributed by atoms with Gasteiger partial charge in [-0.25, -0.2) is 0 Å². The summed E-state index contributed by atoms with van der Waals surface area (Å²) in [5, 5.41) is 0. The van der Waals surface area contributed by atoms with Gasteiger partial charge in [-0.3, -0.25) is 4.79 Å². The van der Waals surface area contributed by atoms with Crippen molar-refractivity contribution >= 4 is 5.91 Å². The van der Waals surface area contributed by atoms with E-state index in [-0.39, 0.29) is 11.5 Å². The normalized spacial score (nSPS) is 34.5. The largest absolute Gasteiger partial charge is 0.353 e. The SMILES string of the molecule is CC1(C)OCN2C(=O)CCC21. The number of carbonyl (C=O) groups is 1. The van der Waals surface area contributed by atoms with Gasteiger partial charge in [0.25, 0.3) is 0 Å². The molecular formula is C8H13NO2. The minimum absolute atomic E-state index is 0.119. The van der Waals surface area contributed by atoms with Gasteiger partial charge in [0.2, 0.25) is 5.91 Å². The van der Waals surface area contributed by atoms with E-state index in [2.05, 4.69) is 13.8 Å². The lowest BCUT2D eigenvalue weighted by molar-refractivity contribution is -0.129. The molecule has 1 unspecified atom stereocenters. The molecule has 0 N–H and O–H groups in total. The third-order valence-corrected chi connectivity index (χ3v) is 2.71. The van der Waals surface area contributed by atoms with Crippen molar-refractivity contribution in [2.45, 2.75) is 38.3 Å². The van der Waals surface area contributed by atoms with Crippen molar-refractivity contribution in [2.24, 2.45) is 0 Å². The van der Waals surface area contributed by atoms with Crippen molar-refractivity contribution in [3.05, 3.63) is 0 Å². The van der Waals surface area contributed by atoms with E-state index < -0.39 is 0 Å². The Morgan fingerprint density at radius 2 is 2.36 bits per heavy atom. The lowest BCUT2D eigenvalue weighted by atomic mass is 9.98. The fourth-order valence-electron chi connectivity index (χ4n) is 1.95. The van der Waals surface area contributed by atoms with Crippen LogP contribution in [0.25, 0.3) is 0 Å². The number of fused-ring (bicyclic) bond motifs is 1. The Labute approximate surface area is 66.3 Å². The lowest BCUT2D eigenvalue weighted by Crippen LogP contribution is -2.37. The molecule has 2 saturated heterocycles. The van der Waals surface area contributed by atoms with Gasteiger partial charge < -0.3 is 9.64 Å². The molecule has 2 aliphatic heterocycles. The summed E-state index contributed by atoms with van der Waals surface area (Å²) in [4.78, 5) is 13.0. The zero-order chi connectivity index (χ0) is 8.06. The molecule has 0 bridgehead atoms. The van der Waals surface area contributed by atoms with E-state index in [0.717, 1.165) is 6.42 Å². The summed E-state index contributed by atoms with van der Waals surface area (Å²) < 4.78 is 5.48. The quantitative estimate of drug-likeness (QED) is 0.516. The number of amides is 1. The fourth-order valence-corrected chi connectivity index (χ4v) is 1.95. The van der Waals surface area contributed by atoms with Crippen LogP contribution < -0.4 is 0 Å². The van der Waals surface area contributed by atoms with Crippen molar-refractivity contribution in [2.75, 3.05) is 6.73 Å². The highest BCUT2D eigenvalue weighted by Crippen LogP contribution is 2.35. The molecule has 0 aromatic rings. The highest BCUT2D eigenvalue weighted by molar-refractivity contribution is 5.79. The molecule has 2 fully saturated rings. The molecule has 1 atom stereocenters. The summed E-state index contributed by atoms with van der Waals surface area (Å²) in [5.74, 6) is 0.251. The third kappa shape index (κ3) is 0.872. The maximum absolute atomic E-state index is 11.2. The van der Waals surface area contributed by atoms with Crippen LogP contribution in [0.5, 0.6) is 0 Å². The molecule has 0 spiro atoms. The first-order valence-electron chi connectivity index (χ1n) is 4.05. The average molecular weight is 155 g/mol. The summed E-state index contributed by atoms with van der Waals surface area (Å²) in [5.41, 5.74) is -0.119. The van der Waals surface area contributed by atoms with Crippen LogP contribution >= 0.6 is 0 Å². The van der Waals surface area contributed by atoms with Crippen LogP contribution in [-0.2, 0) is 9.53 Å². The highest BCUT2D eigenvalue weighted by atomic mass is 16.5. The monoisotopic (exact) mass is 155 g/mol. The molecule has 0 saturated carbocycles. The van der Waals surface area contributed by atoms with E-state index in [4.69, 9.17) is 4.74 Å². The molecule has 2 rings (SSSR count). The van der Waals surface area contributed by atoms with E-state index in [1.807, 2.05) is 4.90 Å². The Balaban J connectivity index is 2.23. The second-order valence-electron chi connectivity index (χ2n) is 3.79. The smallest absolute Gasteiger partial charge is 0.224 e. The number of carbonyl (C=O) groups excluding carboxylic acids is 1. The van der Waals surface area contributed by atoms with Crippen LogP contribution in [0.2, 0.25) is 0 Å². The second kappa shape index (κ2) is 1.97. The van der Waals surface area contributed by atoms with E-state index in [1.54, 1.807) is 0 Å². The van der Waals surface area contributed by atoms with Crippen molar-refractivity contribution in [1.82, 2.24) is 4.90 Å². The van der Waals surface area contributed by atoms with E-state index in [0.29, 0.717) is 19.2 Å². The van der Waals surface area contributed by atoms with Gasteiger partial charge >= 0.3 is 0 Å². The molecule has 2 aliphatic rings. The first kappa shape index (κ1) is 7.10. The molecule has 0 radical (unpaired) electrons. The topological polar surface area (TPSA) is 29.5 Å². The van der Waals surface area contributed by atoms with Gasteiger partial charge in [-0.15, -0.1) is 0 Å². The molecule has 3 nitrogen and oxygen atoms in total. The molecule has 2 heterocycles. The maximum atomic E-state index is 11.2. The number of ether oxygens (including phenoxy) is 1. The van der Waals surface area contributed by atoms with E-state index >= 15 is 0 Å². The third-order valence-electron chi connectivity index (χ3n) is 2.71. The van der Waals surface area contributed by atoms with Crippen LogP contribution in [0.1, 0.15) is 26.7 Å². The van der Waals surface area contributed by atoms with Crippen LogP contribution in [0.3, 0.4) is 0 Å². The van der Waals surface area contributed by atoms with Crippen molar-refractivity contribution < 1.29 is 9.53 Å². The molecule has 3 heteroatoms. The van der Waals surface area contributed by atoms with E-state index in [9.17, 15) is 4.79 Å². The van der Waals surface area contributed by atoms with Crippen LogP contribution in [-0.4, -0.2) is 29.2 Å². The molecule has 62 valence electrons. The number of hydrogen-bond donors (Lipinski definition) is 0. The van der Waals surface area contributed by atoms with Gasteiger partial charge in [-0.1, -0.05) is 0 Å². The number of rotatable bonds is 0. The maximum Gasteiger partial charge on any atom is 0.224 e. The number of nitrogens with zero attached hydrogens (tertiary/aromatic N) is 1. The van der Waals surface area contributed by atoms with Gasteiger partial charge in [0.1, 0.15) is 6.73 Å². The summed E-state index contributed by atoms with van der Waals surface area (Å²) >= 11 is 0. The summed E-state index contributed by atoms with van der Waals surface area (Å²) in [7, 11) is 0. The van der Waals surface area contributed by atoms with E-state index in [1.165, 1.54) is 0 Å². The van der Waals surface area contributed by atoms with Crippen molar-refractivity contribution in [3.63, 3.8) is 0 Å². The molecular weight excluding hydrogens is 142 g/mol. The highest BCUT2D eigenvalue weighted by Gasteiger charge is 2.47. The van der Waals surface area contributed by atoms with Crippen LogP contribution in [0, 0.1) is 0 Å². The molecule has 0 aromatic heterocycles. The Hall–Kier alpha value is -0.570. The Morgan fingerprint density at radius 3 is 3.00 bits per heavy atom. The van der Waals surface area contributed by atoms with Gasteiger partial charge in [0, 0.05) is 6.42 Å². The molecule has 11 heavy (non-hydrogen) atoms. The Kier molecular flexibility index (Phi) is 1.27. The zero-order valence-corrected chi connectivity index (χ0v) is 6.96. The Bertz CT molecular complexity index is 200. The first-order chi connectivity index (χ1) is 5.11. The summed E-state index contributed by atoms with van der Waals surface area (Å²) in [6.45, 7) is 4.60. The van der Waals surface area contributed by atoms with Crippen molar-refractivity contribution in [3.8, 4) is 0 Å². The first-order valence-corrected chi connectivity index (χ1v) is 4.05. The summed E-state index contributed by atoms with van der Waals surface area (Å²) in [6, 6.07) is 0.329. The molecule has 1 amide bonds. The number of hydrogen-bond acceptors (Lipinski definition) is 2. The van der Waals surface area contributed by atoms with Gasteiger partial charge in [0.05, 0.1) is 11.6 Å². The molecule has 0 aromatic carbocycles. The standard InChI is InChI=1S/C8H13NO2/c1-8(2)6-3-4-7(10)9(6)5-11-8/h6H,3-5H2,1-2H3. The predicted molar refractivity (Wildman–Crippen MR) is 39.9 cm³/mol. The van der Waals surface area contributed by atoms with Gasteiger partial charge in [-0.05, 0) is 20.3 Å². The fraction of sp³-hybridized carbons (Fsp3) is 0.875.